The summed E-state index contributed by atoms with van der Waals surface area (Å²) in [5.74, 6) is -1.02. The van der Waals surface area contributed by atoms with Crippen LogP contribution in [-0.2, 0) is 0 Å². The molecule has 5 rings (SSSR count). The third kappa shape index (κ3) is 3.47. The smallest absolute Gasteiger partial charge is 0.295 e. The fourth-order valence-corrected chi connectivity index (χ4v) is 4.51. The van der Waals surface area contributed by atoms with Crippen molar-refractivity contribution in [3.05, 3.63) is 98.1 Å². The molecule has 166 valence electrons. The Kier molecular flexibility index (Phi) is 5.17. The number of hydrogen-bond donors (Lipinski definition) is 1. The molecule has 0 fully saturated rings. The highest BCUT2D eigenvalue weighted by molar-refractivity contribution is 9.10. The van der Waals surface area contributed by atoms with Gasteiger partial charge in [-0.25, -0.2) is 4.39 Å². The molecule has 6 nitrogen and oxygen atoms in total. The molecule has 2 heterocycles. The van der Waals surface area contributed by atoms with Crippen molar-refractivity contribution in [2.75, 3.05) is 11.5 Å². The van der Waals surface area contributed by atoms with Crippen LogP contribution in [0.15, 0.2) is 74.3 Å². The van der Waals surface area contributed by atoms with E-state index in [2.05, 4.69) is 15.9 Å². The molecular weight excluding hydrogens is 493 g/mol. The lowest BCUT2D eigenvalue weighted by atomic mass is 9.97. The van der Waals surface area contributed by atoms with E-state index in [0.29, 0.717) is 17.9 Å². The van der Waals surface area contributed by atoms with Gasteiger partial charge in [-0.15, -0.1) is 0 Å². The number of phenolic OH excluding ortho intramolecular Hbond substituents is 1. The van der Waals surface area contributed by atoms with Gasteiger partial charge in [-0.1, -0.05) is 28.1 Å². The average molecular weight is 510 g/mol. The SMILES string of the molecule is CCOc1cc(C2c3c(oc4ccc(F)cc4c3=O)C(=O)N2c2cccc(Br)c2)ccc1O. The second kappa shape index (κ2) is 8.04. The van der Waals surface area contributed by atoms with Gasteiger partial charge in [0.15, 0.2) is 16.9 Å². The highest BCUT2D eigenvalue weighted by Gasteiger charge is 2.44. The molecule has 0 saturated heterocycles. The fraction of sp³-hybridized carbons (Fsp3) is 0.120. The van der Waals surface area contributed by atoms with Crippen molar-refractivity contribution in [1.29, 1.82) is 0 Å². The minimum Gasteiger partial charge on any atom is -0.504 e. The van der Waals surface area contributed by atoms with E-state index in [1.54, 1.807) is 37.3 Å². The lowest BCUT2D eigenvalue weighted by Gasteiger charge is -2.26. The molecule has 0 bridgehead atoms. The van der Waals surface area contributed by atoms with E-state index in [1.165, 1.54) is 23.1 Å². The number of ether oxygens (including phenoxy) is 1. The van der Waals surface area contributed by atoms with Gasteiger partial charge in [0.2, 0.25) is 5.76 Å². The summed E-state index contributed by atoms with van der Waals surface area (Å²) in [5, 5.41) is 10.2. The maximum absolute atomic E-state index is 13.9. The first-order valence-electron chi connectivity index (χ1n) is 10.2. The Balaban J connectivity index is 1.81. The topological polar surface area (TPSA) is 80.0 Å². The number of benzene rings is 3. The molecule has 1 N–H and O–H groups in total. The maximum Gasteiger partial charge on any atom is 0.295 e. The zero-order valence-electron chi connectivity index (χ0n) is 17.3. The number of nitrogens with zero attached hydrogens (tertiary/aromatic N) is 1. The summed E-state index contributed by atoms with van der Waals surface area (Å²) >= 11 is 3.42. The number of fused-ring (bicyclic) bond motifs is 2. The Hall–Kier alpha value is -3.65. The number of halogens is 2. The van der Waals surface area contributed by atoms with Gasteiger partial charge in [0.05, 0.1) is 23.6 Å². The van der Waals surface area contributed by atoms with Crippen molar-refractivity contribution in [1.82, 2.24) is 0 Å². The molecule has 0 radical (unpaired) electrons. The number of anilines is 1. The Morgan fingerprint density at radius 2 is 1.94 bits per heavy atom. The molecule has 0 aliphatic carbocycles. The number of carbonyl (C=O) groups is 1. The summed E-state index contributed by atoms with van der Waals surface area (Å²) in [6, 6.07) is 14.5. The monoisotopic (exact) mass is 509 g/mol. The van der Waals surface area contributed by atoms with Gasteiger partial charge in [0, 0.05) is 10.2 Å². The third-order valence-electron chi connectivity index (χ3n) is 5.52. The summed E-state index contributed by atoms with van der Waals surface area (Å²) < 4.78 is 26.0. The fourth-order valence-electron chi connectivity index (χ4n) is 4.12. The molecule has 1 aliphatic heterocycles. The molecule has 1 aromatic heterocycles. The van der Waals surface area contributed by atoms with Crippen molar-refractivity contribution >= 4 is 38.5 Å². The third-order valence-corrected chi connectivity index (χ3v) is 6.01. The zero-order valence-corrected chi connectivity index (χ0v) is 18.9. The van der Waals surface area contributed by atoms with Gasteiger partial charge in [0.25, 0.3) is 5.91 Å². The molecule has 1 aliphatic rings. The molecule has 0 saturated carbocycles. The molecule has 4 aromatic rings. The molecule has 1 unspecified atom stereocenters. The second-order valence-corrected chi connectivity index (χ2v) is 8.45. The summed E-state index contributed by atoms with van der Waals surface area (Å²) in [7, 11) is 0. The van der Waals surface area contributed by atoms with Crippen LogP contribution in [0.25, 0.3) is 11.0 Å². The van der Waals surface area contributed by atoms with E-state index >= 15 is 0 Å². The highest BCUT2D eigenvalue weighted by Crippen LogP contribution is 2.43. The molecule has 1 atom stereocenters. The van der Waals surface area contributed by atoms with Crippen LogP contribution in [0.4, 0.5) is 10.1 Å². The zero-order chi connectivity index (χ0) is 23.3. The van der Waals surface area contributed by atoms with Crippen molar-refractivity contribution in [2.24, 2.45) is 0 Å². The molecule has 33 heavy (non-hydrogen) atoms. The van der Waals surface area contributed by atoms with E-state index in [-0.39, 0.29) is 33.8 Å². The van der Waals surface area contributed by atoms with E-state index in [4.69, 9.17) is 9.15 Å². The van der Waals surface area contributed by atoms with Gasteiger partial charge >= 0.3 is 0 Å². The normalized spacial score (nSPS) is 15.2. The van der Waals surface area contributed by atoms with Crippen LogP contribution in [-0.4, -0.2) is 17.6 Å². The highest BCUT2D eigenvalue weighted by atomic mass is 79.9. The molecule has 8 heteroatoms. The molecule has 3 aromatic carbocycles. The Bertz CT molecular complexity index is 1480. The van der Waals surface area contributed by atoms with Gasteiger partial charge < -0.3 is 14.3 Å². The lowest BCUT2D eigenvalue weighted by Crippen LogP contribution is -2.29. The number of phenols is 1. The largest absolute Gasteiger partial charge is 0.504 e. The van der Waals surface area contributed by atoms with Crippen LogP contribution < -0.4 is 15.1 Å². The van der Waals surface area contributed by atoms with Crippen LogP contribution in [0.5, 0.6) is 11.5 Å². The summed E-state index contributed by atoms with van der Waals surface area (Å²) in [5.41, 5.74) is 0.806. The van der Waals surface area contributed by atoms with Gasteiger partial charge in [-0.05, 0) is 61.0 Å². The second-order valence-electron chi connectivity index (χ2n) is 7.53. The summed E-state index contributed by atoms with van der Waals surface area (Å²) in [6.45, 7) is 2.10. The summed E-state index contributed by atoms with van der Waals surface area (Å²) in [6.07, 6.45) is 0. The molecule has 0 spiro atoms. The predicted molar refractivity (Wildman–Crippen MR) is 125 cm³/mol. The number of hydrogen-bond acceptors (Lipinski definition) is 5. The quantitative estimate of drug-likeness (QED) is 0.390. The number of amides is 1. The predicted octanol–water partition coefficient (Wildman–Crippen LogP) is 5.55. The number of carbonyl (C=O) groups excluding carboxylic acids is 1. The standard InChI is InChI=1S/C25H17BrFNO5/c1-2-32-20-10-13(6-8-18(20)29)22-21-23(30)17-12-15(27)7-9-19(17)33-24(21)25(31)28(22)16-5-3-4-14(26)11-16/h3-12,22,29H,2H2,1H3. The minimum absolute atomic E-state index is 0.0476. The van der Waals surface area contributed by atoms with Gasteiger partial charge in [-0.2, -0.15) is 0 Å². The Labute approximate surface area is 196 Å². The van der Waals surface area contributed by atoms with E-state index in [0.717, 1.165) is 10.5 Å². The lowest BCUT2D eigenvalue weighted by molar-refractivity contribution is 0.0971. The van der Waals surface area contributed by atoms with Crippen molar-refractivity contribution < 1.29 is 23.4 Å². The van der Waals surface area contributed by atoms with E-state index in [1.807, 2.05) is 6.07 Å². The van der Waals surface area contributed by atoms with Gasteiger partial charge in [0.1, 0.15) is 11.4 Å². The van der Waals surface area contributed by atoms with Crippen LogP contribution in [0.1, 0.15) is 34.6 Å². The van der Waals surface area contributed by atoms with Crippen LogP contribution in [0.2, 0.25) is 0 Å². The first-order valence-corrected chi connectivity index (χ1v) is 11.0. The average Bonchev–Trinajstić information content (AvgIpc) is 3.08. The maximum atomic E-state index is 13.9. The van der Waals surface area contributed by atoms with Crippen LogP contribution in [0.3, 0.4) is 0 Å². The number of rotatable bonds is 4. The van der Waals surface area contributed by atoms with Gasteiger partial charge in [-0.3, -0.25) is 14.5 Å². The first kappa shape index (κ1) is 21.2. The minimum atomic E-state index is -0.870. The number of aromatic hydroxyl groups is 1. The first-order chi connectivity index (χ1) is 15.9. The van der Waals surface area contributed by atoms with E-state index < -0.39 is 23.2 Å². The van der Waals surface area contributed by atoms with Crippen molar-refractivity contribution in [3.8, 4) is 11.5 Å². The molecular formula is C25H17BrFNO5. The van der Waals surface area contributed by atoms with Crippen molar-refractivity contribution in [2.45, 2.75) is 13.0 Å². The van der Waals surface area contributed by atoms with E-state index in [9.17, 15) is 19.1 Å². The van der Waals surface area contributed by atoms with Crippen LogP contribution >= 0.6 is 15.9 Å². The van der Waals surface area contributed by atoms with Crippen LogP contribution in [0, 0.1) is 5.82 Å². The Morgan fingerprint density at radius 3 is 2.70 bits per heavy atom. The van der Waals surface area contributed by atoms with Crippen molar-refractivity contribution in [3.63, 3.8) is 0 Å². The molecule has 1 amide bonds. The summed E-state index contributed by atoms with van der Waals surface area (Å²) in [4.78, 5) is 28.5. The Morgan fingerprint density at radius 1 is 1.12 bits per heavy atom.